The normalized spacial score (nSPS) is 14.5. The number of hydrogen-bond acceptors (Lipinski definition) is 1. The topological polar surface area (TPSA) is 26.0 Å². The van der Waals surface area contributed by atoms with Gasteiger partial charge in [0.25, 0.3) is 0 Å². The molecule has 1 aliphatic rings. The highest BCUT2D eigenvalue weighted by Gasteiger charge is 2.22. The molecule has 2 rings (SSSR count). The first-order valence-electron chi connectivity index (χ1n) is 5.23. The Labute approximate surface area is 85.1 Å². The van der Waals surface area contributed by atoms with Crippen LogP contribution in [0.5, 0.6) is 0 Å². The summed E-state index contributed by atoms with van der Waals surface area (Å²) in [6.07, 6.45) is 3.66. The third-order valence-electron chi connectivity index (χ3n) is 2.21. The minimum Gasteiger partial charge on any atom is -0.330 e. The lowest BCUT2D eigenvalue weighted by Gasteiger charge is -1.94. The fraction of sp³-hybridized carbons (Fsp3) is 0.500. The summed E-state index contributed by atoms with van der Waals surface area (Å²) < 4.78 is 12.4. The van der Waals surface area contributed by atoms with Gasteiger partial charge < -0.3 is 5.73 Å². The van der Waals surface area contributed by atoms with Crippen LogP contribution in [0.3, 0.4) is 0 Å². The first-order valence-corrected chi connectivity index (χ1v) is 5.23. The van der Waals surface area contributed by atoms with Crippen LogP contribution < -0.4 is 5.73 Å². The standard InChI is InChI=1S/C9H9F.C3H9N/c10-9-5-3-8(4-6-9)7-1-2-7;1-2-3-4/h3-7H,1-2H2;2-4H2,1H3. The smallest absolute Gasteiger partial charge is 0.123 e. The van der Waals surface area contributed by atoms with Crippen molar-refractivity contribution in [2.24, 2.45) is 5.73 Å². The van der Waals surface area contributed by atoms with E-state index in [1.165, 1.54) is 30.5 Å². The number of nitrogens with two attached hydrogens (primary N) is 1. The number of hydrogen-bond donors (Lipinski definition) is 1. The van der Waals surface area contributed by atoms with Crippen molar-refractivity contribution >= 4 is 0 Å². The maximum Gasteiger partial charge on any atom is 0.123 e. The van der Waals surface area contributed by atoms with Gasteiger partial charge in [-0.15, -0.1) is 0 Å². The Kier molecular flexibility index (Phi) is 4.60. The minimum atomic E-state index is -0.135. The second-order valence-electron chi connectivity index (χ2n) is 3.61. The first kappa shape index (κ1) is 11.2. The SMILES string of the molecule is CCCN.Fc1ccc(C2CC2)cc1. The molecule has 0 aliphatic heterocycles. The van der Waals surface area contributed by atoms with Crippen molar-refractivity contribution in [2.45, 2.75) is 32.1 Å². The van der Waals surface area contributed by atoms with Crippen LogP contribution in [0.4, 0.5) is 4.39 Å². The summed E-state index contributed by atoms with van der Waals surface area (Å²) in [5.41, 5.74) is 6.32. The van der Waals surface area contributed by atoms with Crippen LogP contribution in [0.15, 0.2) is 24.3 Å². The molecule has 1 aromatic rings. The van der Waals surface area contributed by atoms with Gasteiger partial charge >= 0.3 is 0 Å². The number of halogens is 1. The third kappa shape index (κ3) is 3.88. The number of benzene rings is 1. The summed E-state index contributed by atoms with van der Waals surface area (Å²) in [7, 11) is 0. The van der Waals surface area contributed by atoms with Gasteiger partial charge in [0.15, 0.2) is 0 Å². The van der Waals surface area contributed by atoms with E-state index in [9.17, 15) is 4.39 Å². The Morgan fingerprint density at radius 3 is 2.14 bits per heavy atom. The molecule has 2 N–H and O–H groups in total. The molecule has 1 aromatic carbocycles. The van der Waals surface area contributed by atoms with Crippen molar-refractivity contribution in [3.63, 3.8) is 0 Å². The zero-order chi connectivity index (χ0) is 10.4. The largest absolute Gasteiger partial charge is 0.330 e. The zero-order valence-corrected chi connectivity index (χ0v) is 8.67. The molecule has 78 valence electrons. The molecule has 1 nitrogen and oxygen atoms in total. The zero-order valence-electron chi connectivity index (χ0n) is 8.67. The van der Waals surface area contributed by atoms with Gasteiger partial charge in [0, 0.05) is 0 Å². The molecule has 0 radical (unpaired) electrons. The Bertz CT molecular complexity index is 250. The van der Waals surface area contributed by atoms with E-state index in [0.29, 0.717) is 0 Å². The van der Waals surface area contributed by atoms with Crippen LogP contribution in [-0.4, -0.2) is 6.54 Å². The first-order chi connectivity index (χ1) is 6.77. The van der Waals surface area contributed by atoms with Crippen molar-refractivity contribution in [3.05, 3.63) is 35.6 Å². The van der Waals surface area contributed by atoms with Gasteiger partial charge in [-0.25, -0.2) is 4.39 Å². The lowest BCUT2D eigenvalue weighted by Crippen LogP contribution is -1.93. The highest BCUT2D eigenvalue weighted by Crippen LogP contribution is 2.39. The molecule has 14 heavy (non-hydrogen) atoms. The lowest BCUT2D eigenvalue weighted by atomic mass is 10.1. The van der Waals surface area contributed by atoms with E-state index in [1.807, 2.05) is 12.1 Å². The monoisotopic (exact) mass is 195 g/mol. The fourth-order valence-electron chi connectivity index (χ4n) is 1.15. The van der Waals surface area contributed by atoms with E-state index in [0.717, 1.165) is 18.9 Å². The highest BCUT2D eigenvalue weighted by molar-refractivity contribution is 5.23. The van der Waals surface area contributed by atoms with Crippen LogP contribution in [0.2, 0.25) is 0 Å². The Morgan fingerprint density at radius 1 is 1.29 bits per heavy atom. The van der Waals surface area contributed by atoms with Crippen molar-refractivity contribution in [2.75, 3.05) is 6.54 Å². The van der Waals surface area contributed by atoms with Gasteiger partial charge in [0.2, 0.25) is 0 Å². The molecule has 0 unspecified atom stereocenters. The van der Waals surface area contributed by atoms with Crippen LogP contribution in [-0.2, 0) is 0 Å². The van der Waals surface area contributed by atoms with Crippen LogP contribution >= 0.6 is 0 Å². The Morgan fingerprint density at radius 2 is 1.79 bits per heavy atom. The summed E-state index contributed by atoms with van der Waals surface area (Å²) in [5, 5.41) is 0. The molecule has 1 saturated carbocycles. The summed E-state index contributed by atoms with van der Waals surface area (Å²) in [4.78, 5) is 0. The summed E-state index contributed by atoms with van der Waals surface area (Å²) in [6.45, 7) is 2.88. The lowest BCUT2D eigenvalue weighted by molar-refractivity contribution is 0.627. The van der Waals surface area contributed by atoms with E-state index in [4.69, 9.17) is 5.73 Å². The Hall–Kier alpha value is -0.890. The molecular formula is C12H18FN. The van der Waals surface area contributed by atoms with Crippen molar-refractivity contribution in [1.29, 1.82) is 0 Å². The number of rotatable bonds is 2. The molecule has 1 aliphatic carbocycles. The van der Waals surface area contributed by atoms with Crippen LogP contribution in [0, 0.1) is 5.82 Å². The summed E-state index contributed by atoms with van der Waals surface area (Å²) >= 11 is 0. The van der Waals surface area contributed by atoms with Gasteiger partial charge in [-0.2, -0.15) is 0 Å². The molecule has 0 bridgehead atoms. The second kappa shape index (κ2) is 5.76. The average molecular weight is 195 g/mol. The maximum absolute atomic E-state index is 12.4. The van der Waals surface area contributed by atoms with Gasteiger partial charge in [0.05, 0.1) is 0 Å². The molecule has 2 heteroatoms. The molecule has 0 atom stereocenters. The van der Waals surface area contributed by atoms with E-state index < -0.39 is 0 Å². The minimum absolute atomic E-state index is 0.135. The summed E-state index contributed by atoms with van der Waals surface area (Å²) in [6, 6.07) is 6.83. The molecule has 0 spiro atoms. The van der Waals surface area contributed by atoms with Crippen LogP contribution in [0.25, 0.3) is 0 Å². The third-order valence-corrected chi connectivity index (χ3v) is 2.21. The van der Waals surface area contributed by atoms with Crippen LogP contribution in [0.1, 0.15) is 37.7 Å². The molecule has 0 amide bonds. The van der Waals surface area contributed by atoms with Crippen molar-refractivity contribution in [1.82, 2.24) is 0 Å². The van der Waals surface area contributed by atoms with Gasteiger partial charge in [-0.05, 0) is 49.4 Å². The average Bonchev–Trinajstić information content (AvgIpc) is 3.03. The molecule has 1 fully saturated rings. The fourth-order valence-corrected chi connectivity index (χ4v) is 1.15. The second-order valence-corrected chi connectivity index (χ2v) is 3.61. The summed E-state index contributed by atoms with van der Waals surface area (Å²) in [5.74, 6) is 0.602. The van der Waals surface area contributed by atoms with Gasteiger partial charge in [-0.3, -0.25) is 0 Å². The Balaban J connectivity index is 0.000000213. The molecular weight excluding hydrogens is 177 g/mol. The van der Waals surface area contributed by atoms with E-state index in [1.54, 1.807) is 0 Å². The van der Waals surface area contributed by atoms with Crippen molar-refractivity contribution in [3.8, 4) is 0 Å². The quantitative estimate of drug-likeness (QED) is 0.771. The predicted molar refractivity (Wildman–Crippen MR) is 57.7 cm³/mol. The van der Waals surface area contributed by atoms with Gasteiger partial charge in [0.1, 0.15) is 5.82 Å². The maximum atomic E-state index is 12.4. The van der Waals surface area contributed by atoms with E-state index >= 15 is 0 Å². The predicted octanol–water partition coefficient (Wildman–Crippen LogP) is 3.06. The van der Waals surface area contributed by atoms with E-state index in [2.05, 4.69) is 6.92 Å². The van der Waals surface area contributed by atoms with Crippen molar-refractivity contribution < 1.29 is 4.39 Å². The molecule has 0 aromatic heterocycles. The molecule has 0 saturated heterocycles. The van der Waals surface area contributed by atoms with Gasteiger partial charge in [-0.1, -0.05) is 19.1 Å². The molecule has 0 heterocycles. The highest BCUT2D eigenvalue weighted by atomic mass is 19.1. The van der Waals surface area contributed by atoms with E-state index in [-0.39, 0.29) is 5.82 Å².